The zero-order chi connectivity index (χ0) is 21.2. The molecule has 6 nitrogen and oxygen atoms in total. The minimum absolute atomic E-state index is 0.107. The topological polar surface area (TPSA) is 121 Å². The predicted molar refractivity (Wildman–Crippen MR) is 112 cm³/mol. The molecule has 0 aliphatic carbocycles. The molecule has 0 aliphatic heterocycles. The van der Waals surface area contributed by atoms with Gasteiger partial charge in [0.25, 0.3) is 0 Å². The molecular formula is C18H10Br4O6-2. The van der Waals surface area contributed by atoms with Gasteiger partial charge in [-0.05, 0) is 35.4 Å². The number of carbonyl (C=O) groups is 2. The average molecular weight is 642 g/mol. The Morgan fingerprint density at radius 3 is 1.32 bits per heavy atom. The lowest BCUT2D eigenvalue weighted by molar-refractivity contribution is -0.271. The van der Waals surface area contributed by atoms with Gasteiger partial charge in [0.1, 0.15) is 0 Å². The normalized spacial score (nSPS) is 11.9. The van der Waals surface area contributed by atoms with Crippen molar-refractivity contribution in [1.82, 2.24) is 0 Å². The van der Waals surface area contributed by atoms with E-state index in [1.807, 2.05) is 0 Å². The van der Waals surface area contributed by atoms with E-state index in [-0.39, 0.29) is 20.1 Å². The van der Waals surface area contributed by atoms with Crippen LogP contribution in [-0.2, 0) is 22.4 Å². The van der Waals surface area contributed by atoms with Gasteiger partial charge < -0.3 is 20.4 Å². The number of benzene rings is 2. The van der Waals surface area contributed by atoms with Crippen LogP contribution in [0.2, 0.25) is 0 Å². The maximum absolute atomic E-state index is 12.3. The van der Waals surface area contributed by atoms with Crippen LogP contribution in [0.5, 0.6) is 11.5 Å². The Morgan fingerprint density at radius 2 is 1.04 bits per heavy atom. The van der Waals surface area contributed by atoms with Crippen molar-refractivity contribution in [3.63, 3.8) is 0 Å². The lowest BCUT2D eigenvalue weighted by Crippen LogP contribution is -2.17. The van der Waals surface area contributed by atoms with Gasteiger partial charge in [-0.2, -0.15) is 0 Å². The molecule has 10 heteroatoms. The monoisotopic (exact) mass is 638 g/mol. The van der Waals surface area contributed by atoms with Crippen molar-refractivity contribution in [2.45, 2.75) is 12.8 Å². The number of rotatable bonds is 6. The van der Waals surface area contributed by atoms with Crippen molar-refractivity contribution in [1.29, 1.82) is 0 Å². The Morgan fingerprint density at radius 1 is 0.714 bits per heavy atom. The number of hydrogen-bond donors (Lipinski definition) is 2. The molecule has 0 aromatic heterocycles. The molecule has 0 radical (unpaired) electrons. The first kappa shape index (κ1) is 22.9. The van der Waals surface area contributed by atoms with Crippen LogP contribution < -0.4 is 10.2 Å². The smallest absolute Gasteiger partial charge is 0.332 e. The summed E-state index contributed by atoms with van der Waals surface area (Å²) in [6.45, 7) is 0. The molecule has 2 aromatic rings. The zero-order valence-electron chi connectivity index (χ0n) is 13.8. The molecule has 0 spiro atoms. The van der Waals surface area contributed by atoms with Gasteiger partial charge >= 0.3 is 11.9 Å². The molecule has 0 amide bonds. The average Bonchev–Trinajstić information content (AvgIpc) is 2.58. The summed E-state index contributed by atoms with van der Waals surface area (Å²) in [5.41, 5.74) is -0.722. The fraction of sp³-hybridized carbons (Fsp3) is 0.111. The molecule has 2 aromatic carbocycles. The Kier molecular flexibility index (Phi) is 7.72. The Balaban J connectivity index is 2.60. The van der Waals surface area contributed by atoms with E-state index >= 15 is 0 Å². The fourth-order valence-corrected chi connectivity index (χ4v) is 5.12. The first-order chi connectivity index (χ1) is 13.0. The molecule has 148 valence electrons. The van der Waals surface area contributed by atoms with Crippen LogP contribution in [0.15, 0.2) is 53.3 Å². The van der Waals surface area contributed by atoms with Gasteiger partial charge in [-0.25, -0.2) is 9.59 Å². The summed E-state index contributed by atoms with van der Waals surface area (Å²) in [6, 6.07) is 5.89. The van der Waals surface area contributed by atoms with E-state index in [9.17, 15) is 30.0 Å². The second-order valence-electron chi connectivity index (χ2n) is 5.67. The van der Waals surface area contributed by atoms with Crippen molar-refractivity contribution in [3.8, 4) is 11.5 Å². The molecule has 0 unspecified atom stereocenters. The standard InChI is InChI=1S/C18H12Br4O6/c19-9-1-7(15(23)13(21)5-9)3-11(17(25)26)12(18(27)28)4-8-2-10(20)6-14(22)16(8)24/h1-2,5-6,23-24H,3-4H2,(H,25,26)(H,27,28)/p-2/b12-11+. The van der Waals surface area contributed by atoms with Crippen molar-refractivity contribution >= 4 is 75.7 Å². The molecule has 0 heterocycles. The minimum atomic E-state index is -1.48. The van der Waals surface area contributed by atoms with Crippen LogP contribution >= 0.6 is 63.7 Å². The van der Waals surface area contributed by atoms with Crippen LogP contribution in [0.1, 0.15) is 11.1 Å². The summed E-state index contributed by atoms with van der Waals surface area (Å²) in [5.74, 6) is -3.84. The number of halogens is 4. The highest BCUT2D eigenvalue weighted by atomic mass is 79.9. The third kappa shape index (κ3) is 5.37. The van der Waals surface area contributed by atoms with Gasteiger partial charge in [0.2, 0.25) is 0 Å². The summed E-state index contributed by atoms with van der Waals surface area (Å²) < 4.78 is 1.51. The van der Waals surface area contributed by atoms with Gasteiger partial charge in [0.15, 0.2) is 0 Å². The van der Waals surface area contributed by atoms with Gasteiger partial charge in [-0.1, -0.05) is 75.2 Å². The minimum Gasteiger partial charge on any atom is -0.872 e. The van der Waals surface area contributed by atoms with Crippen LogP contribution in [-0.4, -0.2) is 22.2 Å². The molecule has 0 atom stereocenters. The molecule has 0 saturated carbocycles. The first-order valence-electron chi connectivity index (χ1n) is 7.49. The quantitative estimate of drug-likeness (QED) is 0.458. The number of hydrogen-bond acceptors (Lipinski definition) is 4. The maximum atomic E-state index is 12.3. The highest BCUT2D eigenvalue weighted by Gasteiger charge is 2.22. The molecule has 2 N–H and O–H groups in total. The van der Waals surface area contributed by atoms with Crippen molar-refractivity contribution in [3.05, 3.63) is 64.4 Å². The Hall–Kier alpha value is -1.36. The first-order valence-corrected chi connectivity index (χ1v) is 10.7. The van der Waals surface area contributed by atoms with Crippen molar-refractivity contribution in [2.24, 2.45) is 0 Å². The van der Waals surface area contributed by atoms with Crippen molar-refractivity contribution in [2.75, 3.05) is 0 Å². The molecule has 28 heavy (non-hydrogen) atoms. The lowest BCUT2D eigenvalue weighted by atomic mass is 9.94. The predicted octanol–water partition coefficient (Wildman–Crippen LogP) is 4.13. The van der Waals surface area contributed by atoms with Gasteiger partial charge in [-0.3, -0.25) is 0 Å². The summed E-state index contributed by atoms with van der Waals surface area (Å²) in [4.78, 5) is 23.6. The third-order valence-electron chi connectivity index (χ3n) is 3.79. The van der Waals surface area contributed by atoms with E-state index in [2.05, 4.69) is 63.7 Å². The summed E-state index contributed by atoms with van der Waals surface area (Å²) in [6.07, 6.45) is -0.811. The van der Waals surface area contributed by atoms with Crippen molar-refractivity contribution < 1.29 is 30.0 Å². The maximum Gasteiger partial charge on any atom is 0.332 e. The highest BCUT2D eigenvalue weighted by Crippen LogP contribution is 2.34. The highest BCUT2D eigenvalue weighted by molar-refractivity contribution is 9.11. The third-order valence-corrected chi connectivity index (χ3v) is 5.88. The molecule has 0 saturated heterocycles. The lowest BCUT2D eigenvalue weighted by Gasteiger charge is -2.20. The summed E-state index contributed by atoms with van der Waals surface area (Å²) >= 11 is 12.6. The SMILES string of the molecule is O=C(O)/C(Cc1cc(Br)cc(Br)c1[O-])=C(\Cc1cc(Br)cc(Br)c1[O-])C(=O)O. The molecule has 2 rings (SSSR count). The zero-order valence-corrected chi connectivity index (χ0v) is 20.1. The number of aliphatic carboxylic acids is 2. The molecule has 0 fully saturated rings. The second-order valence-corrected chi connectivity index (χ2v) is 9.21. The summed E-state index contributed by atoms with van der Waals surface area (Å²) in [5, 5.41) is 43.8. The summed E-state index contributed by atoms with van der Waals surface area (Å²) in [7, 11) is 0. The van der Waals surface area contributed by atoms with E-state index in [1.165, 1.54) is 24.3 Å². The van der Waals surface area contributed by atoms with Crippen LogP contribution in [0, 0.1) is 0 Å². The largest absolute Gasteiger partial charge is 0.872 e. The van der Waals surface area contributed by atoms with Gasteiger partial charge in [0.05, 0.1) is 11.1 Å². The van der Waals surface area contributed by atoms with E-state index in [1.54, 1.807) is 0 Å². The molecular weight excluding hydrogens is 632 g/mol. The van der Waals surface area contributed by atoms with E-state index < -0.39 is 47.4 Å². The van der Waals surface area contributed by atoms with Crippen LogP contribution in [0.25, 0.3) is 0 Å². The second kappa shape index (κ2) is 9.43. The van der Waals surface area contributed by atoms with Crippen LogP contribution in [0.4, 0.5) is 0 Å². The molecule has 0 bridgehead atoms. The van der Waals surface area contributed by atoms with Crippen LogP contribution in [0.3, 0.4) is 0 Å². The van der Waals surface area contributed by atoms with E-state index in [0.29, 0.717) is 8.95 Å². The Labute approximate surface area is 193 Å². The van der Waals surface area contributed by atoms with E-state index in [0.717, 1.165) is 0 Å². The van der Waals surface area contributed by atoms with E-state index in [4.69, 9.17) is 0 Å². The Bertz CT molecular complexity index is 921. The number of carboxylic acids is 2. The van der Waals surface area contributed by atoms with Gasteiger partial charge in [0, 0.05) is 30.7 Å². The fourth-order valence-electron chi connectivity index (χ4n) is 2.49. The molecule has 0 aliphatic rings. The number of carboxylic acid groups (broad SMARTS) is 2. The van der Waals surface area contributed by atoms with Gasteiger partial charge in [-0.15, -0.1) is 0 Å².